The summed E-state index contributed by atoms with van der Waals surface area (Å²) in [6, 6.07) is 14.1. The average molecular weight is 435 g/mol. The smallest absolute Gasteiger partial charge is 0.251 e. The fourth-order valence-electron chi connectivity index (χ4n) is 4.66. The number of likely N-dealkylation sites (N-methyl/N-ethyl adjacent to an activating group) is 1. The second kappa shape index (κ2) is 8.47. The van der Waals surface area contributed by atoms with Crippen LogP contribution >= 0.6 is 0 Å². The third-order valence-corrected chi connectivity index (χ3v) is 6.65. The van der Waals surface area contributed by atoms with Crippen LogP contribution in [-0.4, -0.2) is 50.2 Å². The van der Waals surface area contributed by atoms with E-state index in [-0.39, 0.29) is 23.9 Å². The van der Waals surface area contributed by atoms with E-state index in [0.29, 0.717) is 11.6 Å². The van der Waals surface area contributed by atoms with Crippen molar-refractivity contribution in [2.24, 2.45) is 0 Å². The van der Waals surface area contributed by atoms with Gasteiger partial charge in [0.05, 0.1) is 11.4 Å². The molecule has 3 aliphatic rings. The number of hydrogen-bond donors (Lipinski definition) is 2. The van der Waals surface area contributed by atoms with Crippen LogP contribution in [0.25, 0.3) is 0 Å². The molecule has 2 heterocycles. The Bertz CT molecular complexity index is 1010. The summed E-state index contributed by atoms with van der Waals surface area (Å²) >= 11 is 0. The molecule has 1 aliphatic carbocycles. The molecule has 2 aliphatic heterocycles. The maximum atomic E-state index is 12.9. The van der Waals surface area contributed by atoms with Gasteiger partial charge in [0, 0.05) is 49.3 Å². The van der Waals surface area contributed by atoms with Gasteiger partial charge in [-0.1, -0.05) is 0 Å². The number of carbonyl (C=O) groups is 2. The Labute approximate surface area is 188 Å². The van der Waals surface area contributed by atoms with E-state index in [2.05, 4.69) is 21.6 Å². The molecule has 0 radical (unpaired) electrons. The van der Waals surface area contributed by atoms with Gasteiger partial charge in [0.15, 0.2) is 0 Å². The first-order valence-corrected chi connectivity index (χ1v) is 11.5. The number of amides is 2. The van der Waals surface area contributed by atoms with Gasteiger partial charge in [-0.15, -0.1) is 0 Å². The molecule has 32 heavy (non-hydrogen) atoms. The van der Waals surface area contributed by atoms with Crippen molar-refractivity contribution in [2.45, 2.75) is 50.7 Å². The molecule has 2 aromatic carbocycles. The van der Waals surface area contributed by atoms with Gasteiger partial charge >= 0.3 is 0 Å². The number of fused-ring (bicyclic) bond motifs is 1. The lowest BCUT2D eigenvalue weighted by molar-refractivity contribution is -0.119. The summed E-state index contributed by atoms with van der Waals surface area (Å²) in [4.78, 5) is 29.1. The number of nitrogens with zero attached hydrogens (tertiary/aromatic N) is 2. The topological polar surface area (TPSA) is 73.9 Å². The molecule has 1 saturated heterocycles. The fourth-order valence-corrected chi connectivity index (χ4v) is 4.66. The first-order chi connectivity index (χ1) is 15.5. The third kappa shape index (κ3) is 4.05. The van der Waals surface area contributed by atoms with Gasteiger partial charge in [-0.25, -0.2) is 0 Å². The first kappa shape index (κ1) is 20.8. The SMILES string of the molecule is C[C@@H]1C(=O)N(C)c2ccc(Nc3ccc(C(=O)NC4CC4)cc3)cc2N1C1CCOCC1. The molecule has 2 aromatic rings. The zero-order chi connectivity index (χ0) is 22.2. The maximum Gasteiger partial charge on any atom is 0.251 e. The monoisotopic (exact) mass is 434 g/mol. The Morgan fingerprint density at radius 2 is 1.66 bits per heavy atom. The first-order valence-electron chi connectivity index (χ1n) is 11.5. The van der Waals surface area contributed by atoms with Gasteiger partial charge in [0.2, 0.25) is 5.91 Å². The van der Waals surface area contributed by atoms with E-state index in [1.165, 1.54) is 0 Å². The zero-order valence-electron chi connectivity index (χ0n) is 18.6. The Hall–Kier alpha value is -3.06. The molecule has 2 N–H and O–H groups in total. The molecule has 0 bridgehead atoms. The molecule has 7 nitrogen and oxygen atoms in total. The van der Waals surface area contributed by atoms with Gasteiger partial charge in [-0.3, -0.25) is 9.59 Å². The zero-order valence-corrected chi connectivity index (χ0v) is 18.6. The molecular weight excluding hydrogens is 404 g/mol. The van der Waals surface area contributed by atoms with E-state index in [1.807, 2.05) is 50.4 Å². The van der Waals surface area contributed by atoms with Crippen molar-refractivity contribution in [1.29, 1.82) is 0 Å². The van der Waals surface area contributed by atoms with E-state index in [0.717, 1.165) is 61.6 Å². The minimum atomic E-state index is -0.213. The third-order valence-electron chi connectivity index (χ3n) is 6.65. The molecule has 0 spiro atoms. The normalized spacial score (nSPS) is 21.3. The van der Waals surface area contributed by atoms with Crippen molar-refractivity contribution in [3.05, 3.63) is 48.0 Å². The number of benzene rings is 2. The highest BCUT2D eigenvalue weighted by Gasteiger charge is 2.38. The molecular formula is C25H30N4O3. The van der Waals surface area contributed by atoms with E-state index < -0.39 is 0 Å². The van der Waals surface area contributed by atoms with Crippen LogP contribution in [0.5, 0.6) is 0 Å². The van der Waals surface area contributed by atoms with Crippen LogP contribution in [0, 0.1) is 0 Å². The summed E-state index contributed by atoms with van der Waals surface area (Å²) in [6.07, 6.45) is 3.99. The lowest BCUT2D eigenvalue weighted by Gasteiger charge is -2.45. The van der Waals surface area contributed by atoms with Crippen LogP contribution in [0.15, 0.2) is 42.5 Å². The van der Waals surface area contributed by atoms with Crippen molar-refractivity contribution in [3.63, 3.8) is 0 Å². The molecule has 5 rings (SSSR count). The van der Waals surface area contributed by atoms with Crippen molar-refractivity contribution in [2.75, 3.05) is 35.4 Å². The molecule has 2 fully saturated rings. The van der Waals surface area contributed by atoms with Crippen molar-refractivity contribution < 1.29 is 14.3 Å². The largest absolute Gasteiger partial charge is 0.381 e. The Morgan fingerprint density at radius 1 is 0.969 bits per heavy atom. The van der Waals surface area contributed by atoms with Crippen LogP contribution in [0.3, 0.4) is 0 Å². The maximum absolute atomic E-state index is 12.9. The highest BCUT2D eigenvalue weighted by molar-refractivity contribution is 6.05. The highest BCUT2D eigenvalue weighted by atomic mass is 16.5. The second-order valence-corrected chi connectivity index (χ2v) is 8.98. The number of nitrogens with one attached hydrogen (secondary N) is 2. The Kier molecular flexibility index (Phi) is 5.51. The van der Waals surface area contributed by atoms with E-state index in [4.69, 9.17) is 4.74 Å². The van der Waals surface area contributed by atoms with Gasteiger partial charge in [-0.05, 0) is 75.1 Å². The number of carbonyl (C=O) groups excluding carboxylic acids is 2. The molecule has 2 amide bonds. The summed E-state index contributed by atoms with van der Waals surface area (Å²) in [7, 11) is 1.84. The van der Waals surface area contributed by atoms with Crippen LogP contribution in [0.1, 0.15) is 43.0 Å². The predicted molar refractivity (Wildman–Crippen MR) is 126 cm³/mol. The van der Waals surface area contributed by atoms with Crippen LogP contribution < -0.4 is 20.4 Å². The van der Waals surface area contributed by atoms with E-state index in [1.54, 1.807) is 4.90 Å². The molecule has 0 unspecified atom stereocenters. The molecule has 0 aromatic heterocycles. The highest BCUT2D eigenvalue weighted by Crippen LogP contribution is 2.40. The average Bonchev–Trinajstić information content (AvgIpc) is 3.63. The number of anilines is 4. The fraction of sp³-hybridized carbons (Fsp3) is 0.440. The lowest BCUT2D eigenvalue weighted by atomic mass is 9.99. The summed E-state index contributed by atoms with van der Waals surface area (Å²) in [5.41, 5.74) is 4.53. The molecule has 7 heteroatoms. The minimum absolute atomic E-state index is 0.0124. The molecule has 168 valence electrons. The van der Waals surface area contributed by atoms with Crippen LogP contribution in [-0.2, 0) is 9.53 Å². The van der Waals surface area contributed by atoms with Crippen molar-refractivity contribution in [1.82, 2.24) is 5.32 Å². The van der Waals surface area contributed by atoms with E-state index >= 15 is 0 Å². The molecule has 1 atom stereocenters. The summed E-state index contributed by atoms with van der Waals surface area (Å²) < 4.78 is 5.55. The van der Waals surface area contributed by atoms with Gasteiger partial charge in [-0.2, -0.15) is 0 Å². The minimum Gasteiger partial charge on any atom is -0.381 e. The number of rotatable bonds is 5. The summed E-state index contributed by atoms with van der Waals surface area (Å²) in [5, 5.41) is 6.47. The van der Waals surface area contributed by atoms with Crippen LogP contribution in [0.4, 0.5) is 22.7 Å². The van der Waals surface area contributed by atoms with Gasteiger partial charge in [0.1, 0.15) is 6.04 Å². The predicted octanol–water partition coefficient (Wildman–Crippen LogP) is 3.67. The Balaban J connectivity index is 1.38. The van der Waals surface area contributed by atoms with Crippen molar-refractivity contribution >= 4 is 34.6 Å². The lowest BCUT2D eigenvalue weighted by Crippen LogP contribution is -2.55. The standard InChI is InChI=1S/C25H30N4O3/c1-16-25(31)28(2)22-10-9-20(15-23(22)29(16)21-11-13-32-14-12-21)26-18-5-3-17(4-6-18)24(30)27-19-7-8-19/h3-6,9-10,15-16,19,21,26H,7-8,11-14H2,1-2H3,(H,27,30)/t16-/m1/s1. The second-order valence-electron chi connectivity index (χ2n) is 8.98. The summed E-state index contributed by atoms with van der Waals surface area (Å²) in [6.45, 7) is 3.44. The van der Waals surface area contributed by atoms with Gasteiger partial charge < -0.3 is 25.2 Å². The van der Waals surface area contributed by atoms with Crippen LogP contribution in [0.2, 0.25) is 0 Å². The quantitative estimate of drug-likeness (QED) is 0.751. The van der Waals surface area contributed by atoms with E-state index in [9.17, 15) is 9.59 Å². The number of ether oxygens (including phenoxy) is 1. The Morgan fingerprint density at radius 3 is 2.34 bits per heavy atom. The van der Waals surface area contributed by atoms with Gasteiger partial charge in [0.25, 0.3) is 5.91 Å². The van der Waals surface area contributed by atoms with Crippen molar-refractivity contribution in [3.8, 4) is 0 Å². The molecule has 1 saturated carbocycles. The summed E-state index contributed by atoms with van der Waals surface area (Å²) in [5.74, 6) is 0.103. The number of hydrogen-bond acceptors (Lipinski definition) is 5.